The minimum atomic E-state index is -1.05. The molecule has 2 aromatic rings. The van der Waals surface area contributed by atoms with Crippen molar-refractivity contribution in [3.05, 3.63) is 47.4 Å². The highest BCUT2D eigenvalue weighted by atomic mass is 16.5. The molecule has 0 saturated heterocycles. The first-order chi connectivity index (χ1) is 11.5. The number of aryl methyl sites for hydroxylation is 1. The maximum atomic E-state index is 11.0. The molecule has 0 unspecified atom stereocenters. The number of benzene rings is 1. The predicted octanol–water partition coefficient (Wildman–Crippen LogP) is 4.24. The number of aromatic carboxylic acids is 1. The first-order valence-corrected chi connectivity index (χ1v) is 8.33. The summed E-state index contributed by atoms with van der Waals surface area (Å²) in [7, 11) is 0. The third-order valence-corrected chi connectivity index (χ3v) is 4.77. The van der Waals surface area contributed by atoms with E-state index in [0.717, 1.165) is 36.4 Å². The molecule has 0 atom stereocenters. The molecule has 0 radical (unpaired) electrons. The van der Waals surface area contributed by atoms with E-state index in [0.29, 0.717) is 12.3 Å². The second-order valence-corrected chi connectivity index (χ2v) is 6.39. The summed E-state index contributed by atoms with van der Waals surface area (Å²) in [6.45, 7) is 7.59. The Hall–Kier alpha value is -2.43. The van der Waals surface area contributed by atoms with E-state index in [1.807, 2.05) is 6.92 Å². The van der Waals surface area contributed by atoms with Gasteiger partial charge < -0.3 is 19.2 Å². The highest BCUT2D eigenvalue weighted by Gasteiger charge is 2.37. The third-order valence-electron chi connectivity index (χ3n) is 4.77. The number of nitrogens with zero attached hydrogens (tertiary/aromatic N) is 1. The van der Waals surface area contributed by atoms with Crippen LogP contribution < -0.4 is 9.64 Å². The van der Waals surface area contributed by atoms with Gasteiger partial charge in [0.05, 0.1) is 18.8 Å². The number of ether oxygens (including phenoxy) is 1. The number of anilines is 1. The van der Waals surface area contributed by atoms with Crippen LogP contribution in [0.15, 0.2) is 34.7 Å². The van der Waals surface area contributed by atoms with Crippen molar-refractivity contribution >= 4 is 11.7 Å². The van der Waals surface area contributed by atoms with Crippen LogP contribution in [-0.4, -0.2) is 23.2 Å². The van der Waals surface area contributed by atoms with Gasteiger partial charge in [0, 0.05) is 0 Å². The van der Waals surface area contributed by atoms with Crippen molar-refractivity contribution in [3.63, 3.8) is 0 Å². The summed E-state index contributed by atoms with van der Waals surface area (Å²) in [6, 6.07) is 9.41. The van der Waals surface area contributed by atoms with E-state index >= 15 is 0 Å². The first-order valence-electron chi connectivity index (χ1n) is 8.33. The van der Waals surface area contributed by atoms with Crippen LogP contribution in [0.4, 0.5) is 5.69 Å². The van der Waals surface area contributed by atoms with E-state index in [2.05, 4.69) is 36.9 Å². The number of fused-ring (bicyclic) bond motifs is 1. The largest absolute Gasteiger partial charge is 0.483 e. The normalized spacial score (nSPS) is 15.7. The van der Waals surface area contributed by atoms with Crippen LogP contribution in [-0.2, 0) is 6.54 Å². The Balaban J connectivity index is 1.94. The van der Waals surface area contributed by atoms with E-state index in [9.17, 15) is 4.79 Å². The summed E-state index contributed by atoms with van der Waals surface area (Å²) in [5, 5.41) is 9.02. The molecule has 0 saturated carbocycles. The molecule has 0 aliphatic carbocycles. The van der Waals surface area contributed by atoms with Gasteiger partial charge in [-0.25, -0.2) is 4.79 Å². The molecule has 0 amide bonds. The summed E-state index contributed by atoms with van der Waals surface area (Å²) >= 11 is 0. The lowest BCUT2D eigenvalue weighted by Crippen LogP contribution is -2.50. The Kier molecular flexibility index (Phi) is 4.26. The number of hydrogen-bond donors (Lipinski definition) is 1. The molecule has 0 bridgehead atoms. The van der Waals surface area contributed by atoms with Crippen molar-refractivity contribution in [2.75, 3.05) is 11.4 Å². The van der Waals surface area contributed by atoms with Crippen LogP contribution in [0, 0.1) is 6.92 Å². The molecule has 1 aliphatic heterocycles. The maximum absolute atomic E-state index is 11.0. The van der Waals surface area contributed by atoms with Crippen LogP contribution >= 0.6 is 0 Å². The Morgan fingerprint density at radius 1 is 1.25 bits per heavy atom. The second-order valence-electron chi connectivity index (χ2n) is 6.39. The zero-order valence-electron chi connectivity index (χ0n) is 14.3. The van der Waals surface area contributed by atoms with Gasteiger partial charge in [0.15, 0.2) is 0 Å². The zero-order valence-corrected chi connectivity index (χ0v) is 14.3. The molecule has 1 aromatic heterocycles. The third kappa shape index (κ3) is 2.98. The highest BCUT2D eigenvalue weighted by Crippen LogP contribution is 2.41. The van der Waals surface area contributed by atoms with Crippen molar-refractivity contribution in [2.24, 2.45) is 0 Å². The second kappa shape index (κ2) is 6.23. The zero-order chi connectivity index (χ0) is 17.3. The minimum absolute atomic E-state index is 0.0281. The summed E-state index contributed by atoms with van der Waals surface area (Å²) in [4.78, 5) is 13.2. The number of carboxylic acids is 1. The number of hydrogen-bond acceptors (Lipinski definition) is 4. The van der Waals surface area contributed by atoms with Crippen molar-refractivity contribution in [3.8, 4) is 5.75 Å². The summed E-state index contributed by atoms with van der Waals surface area (Å²) < 4.78 is 11.8. The van der Waals surface area contributed by atoms with Gasteiger partial charge in [-0.15, -0.1) is 0 Å². The van der Waals surface area contributed by atoms with Gasteiger partial charge in [-0.3, -0.25) is 0 Å². The lowest BCUT2D eigenvalue weighted by Gasteiger charge is -2.44. The molecule has 0 fully saturated rings. The van der Waals surface area contributed by atoms with Gasteiger partial charge in [0.1, 0.15) is 17.1 Å². The molecule has 1 aromatic carbocycles. The van der Waals surface area contributed by atoms with Gasteiger partial charge in [-0.05, 0) is 49.6 Å². The van der Waals surface area contributed by atoms with E-state index in [1.54, 1.807) is 6.07 Å². The van der Waals surface area contributed by atoms with E-state index in [-0.39, 0.29) is 11.4 Å². The van der Waals surface area contributed by atoms with Crippen LogP contribution in [0.1, 0.15) is 48.6 Å². The molecule has 1 aliphatic rings. The smallest absolute Gasteiger partial charge is 0.371 e. The molecule has 2 heterocycles. The summed E-state index contributed by atoms with van der Waals surface area (Å²) in [5.74, 6) is 0.451. The molecule has 5 heteroatoms. The molecule has 5 nitrogen and oxygen atoms in total. The fourth-order valence-corrected chi connectivity index (χ4v) is 3.19. The van der Waals surface area contributed by atoms with Crippen LogP contribution in [0.5, 0.6) is 5.75 Å². The average Bonchev–Trinajstić information content (AvgIpc) is 3.03. The fourth-order valence-electron chi connectivity index (χ4n) is 3.19. The van der Waals surface area contributed by atoms with Crippen molar-refractivity contribution in [1.29, 1.82) is 0 Å². The van der Waals surface area contributed by atoms with Gasteiger partial charge in [0.25, 0.3) is 0 Å². The van der Waals surface area contributed by atoms with Gasteiger partial charge >= 0.3 is 5.97 Å². The molecule has 24 heavy (non-hydrogen) atoms. The number of rotatable bonds is 5. The van der Waals surface area contributed by atoms with E-state index in [1.165, 1.54) is 6.07 Å². The maximum Gasteiger partial charge on any atom is 0.371 e. The Morgan fingerprint density at radius 2 is 2.00 bits per heavy atom. The highest BCUT2D eigenvalue weighted by molar-refractivity contribution is 5.84. The molecule has 3 rings (SSSR count). The molecule has 128 valence electrons. The Labute approximate surface area is 141 Å². The lowest BCUT2D eigenvalue weighted by atomic mass is 9.93. The topological polar surface area (TPSA) is 62.9 Å². The van der Waals surface area contributed by atoms with Crippen LogP contribution in [0.25, 0.3) is 0 Å². The number of furan rings is 1. The van der Waals surface area contributed by atoms with E-state index < -0.39 is 5.97 Å². The quantitative estimate of drug-likeness (QED) is 0.889. The monoisotopic (exact) mass is 329 g/mol. The molecular weight excluding hydrogens is 306 g/mol. The fraction of sp³-hybridized carbons (Fsp3) is 0.421. The number of carbonyl (C=O) groups is 1. The van der Waals surface area contributed by atoms with Gasteiger partial charge in [0.2, 0.25) is 5.76 Å². The Bertz CT molecular complexity index is 746. The lowest BCUT2D eigenvalue weighted by molar-refractivity contribution is 0.0562. The van der Waals surface area contributed by atoms with Crippen molar-refractivity contribution in [1.82, 2.24) is 0 Å². The molecule has 0 spiro atoms. The minimum Gasteiger partial charge on any atom is -0.483 e. The van der Waals surface area contributed by atoms with Gasteiger partial charge in [-0.2, -0.15) is 0 Å². The van der Waals surface area contributed by atoms with Crippen LogP contribution in [0.3, 0.4) is 0 Å². The first kappa shape index (κ1) is 16.4. The molecule has 1 N–H and O–H groups in total. The summed E-state index contributed by atoms with van der Waals surface area (Å²) in [5.41, 5.74) is 1.94. The molecular formula is C19H23NO4. The van der Waals surface area contributed by atoms with Gasteiger partial charge in [-0.1, -0.05) is 19.9 Å². The SMILES string of the molecule is CCC1(CC)CN(Cc2ccc(C(=O)O)o2)c2ccc(C)cc2O1. The number of carboxylic acid groups (broad SMARTS) is 1. The Morgan fingerprint density at radius 3 is 2.62 bits per heavy atom. The standard InChI is InChI=1S/C19H23NO4/c1-4-19(5-2)12-20(11-14-7-9-16(23-14)18(21)22)15-8-6-13(3)10-17(15)24-19/h6-10H,4-5,11-12H2,1-3H3,(H,21,22). The summed E-state index contributed by atoms with van der Waals surface area (Å²) in [6.07, 6.45) is 1.82. The van der Waals surface area contributed by atoms with Crippen molar-refractivity contribution in [2.45, 2.75) is 45.8 Å². The van der Waals surface area contributed by atoms with Crippen LogP contribution in [0.2, 0.25) is 0 Å². The van der Waals surface area contributed by atoms with Crippen molar-refractivity contribution < 1.29 is 19.1 Å². The predicted molar refractivity (Wildman–Crippen MR) is 91.8 cm³/mol. The average molecular weight is 329 g/mol. The van der Waals surface area contributed by atoms with E-state index in [4.69, 9.17) is 14.3 Å².